The SMILES string of the molecule is COC(=O)c1c([N+](=O)[O-])cnc(OC(F)(F)F)c1O. The number of aromatic nitrogens is 1. The van der Waals surface area contributed by atoms with Gasteiger partial charge in [0.2, 0.25) is 5.75 Å². The largest absolute Gasteiger partial charge is 0.574 e. The second-order valence-electron chi connectivity index (χ2n) is 2.97. The molecule has 104 valence electrons. The van der Waals surface area contributed by atoms with E-state index >= 15 is 0 Å². The summed E-state index contributed by atoms with van der Waals surface area (Å²) in [5, 5.41) is 20.0. The van der Waals surface area contributed by atoms with Crippen molar-refractivity contribution in [3.8, 4) is 11.6 Å². The summed E-state index contributed by atoms with van der Waals surface area (Å²) in [4.78, 5) is 23.6. The van der Waals surface area contributed by atoms with Gasteiger partial charge >= 0.3 is 18.0 Å². The van der Waals surface area contributed by atoms with E-state index in [0.717, 1.165) is 7.11 Å². The molecule has 0 aliphatic rings. The van der Waals surface area contributed by atoms with Crippen LogP contribution in [0.25, 0.3) is 0 Å². The van der Waals surface area contributed by atoms with Gasteiger partial charge < -0.3 is 14.6 Å². The molecule has 19 heavy (non-hydrogen) atoms. The first-order chi connectivity index (χ1) is 8.67. The molecule has 0 saturated heterocycles. The first-order valence-corrected chi connectivity index (χ1v) is 4.37. The van der Waals surface area contributed by atoms with Crippen LogP contribution in [0.1, 0.15) is 10.4 Å². The van der Waals surface area contributed by atoms with E-state index in [0.29, 0.717) is 6.20 Å². The number of carbonyl (C=O) groups excluding carboxylic acids is 1. The summed E-state index contributed by atoms with van der Waals surface area (Å²) >= 11 is 0. The van der Waals surface area contributed by atoms with Gasteiger partial charge in [-0.25, -0.2) is 9.78 Å². The zero-order valence-corrected chi connectivity index (χ0v) is 9.09. The molecule has 0 bridgehead atoms. The van der Waals surface area contributed by atoms with Gasteiger partial charge in [0.25, 0.3) is 5.88 Å². The number of esters is 1. The highest BCUT2D eigenvalue weighted by Gasteiger charge is 2.36. The molecule has 11 heteroatoms. The van der Waals surface area contributed by atoms with E-state index in [1.165, 1.54) is 0 Å². The number of hydrogen-bond donors (Lipinski definition) is 1. The third-order valence-electron chi connectivity index (χ3n) is 1.80. The van der Waals surface area contributed by atoms with Crippen molar-refractivity contribution in [2.75, 3.05) is 7.11 Å². The number of alkyl halides is 3. The van der Waals surface area contributed by atoms with Crippen LogP contribution < -0.4 is 4.74 Å². The highest BCUT2D eigenvalue weighted by atomic mass is 19.4. The van der Waals surface area contributed by atoms with Gasteiger partial charge in [-0.05, 0) is 0 Å². The molecule has 1 heterocycles. The number of ether oxygens (including phenoxy) is 2. The number of halogens is 3. The zero-order valence-electron chi connectivity index (χ0n) is 9.09. The molecule has 0 unspecified atom stereocenters. The minimum Gasteiger partial charge on any atom is -0.502 e. The monoisotopic (exact) mass is 282 g/mol. The lowest BCUT2D eigenvalue weighted by Gasteiger charge is -2.10. The van der Waals surface area contributed by atoms with Crippen LogP contribution in [-0.4, -0.2) is 34.5 Å². The number of aromatic hydroxyl groups is 1. The predicted octanol–water partition coefficient (Wildman–Crippen LogP) is 1.38. The van der Waals surface area contributed by atoms with Crippen molar-refractivity contribution in [2.24, 2.45) is 0 Å². The summed E-state index contributed by atoms with van der Waals surface area (Å²) in [6, 6.07) is 0. The second-order valence-corrected chi connectivity index (χ2v) is 2.97. The summed E-state index contributed by atoms with van der Waals surface area (Å²) < 4.78 is 43.4. The van der Waals surface area contributed by atoms with Gasteiger partial charge in [0, 0.05) is 0 Å². The third-order valence-corrected chi connectivity index (χ3v) is 1.80. The maximum atomic E-state index is 12.0. The van der Waals surface area contributed by atoms with Crippen molar-refractivity contribution in [2.45, 2.75) is 6.36 Å². The topological polar surface area (TPSA) is 112 Å². The summed E-state index contributed by atoms with van der Waals surface area (Å²) in [7, 11) is 0.830. The summed E-state index contributed by atoms with van der Waals surface area (Å²) in [6.07, 6.45) is -4.85. The first kappa shape index (κ1) is 14.5. The molecule has 1 N–H and O–H groups in total. The van der Waals surface area contributed by atoms with Crippen molar-refractivity contribution >= 4 is 11.7 Å². The fourth-order valence-corrected chi connectivity index (χ4v) is 1.10. The number of pyridine rings is 1. The number of carbonyl (C=O) groups is 1. The van der Waals surface area contributed by atoms with Crippen molar-refractivity contribution in [1.29, 1.82) is 0 Å². The molecule has 0 spiro atoms. The van der Waals surface area contributed by atoms with Crippen LogP contribution in [0.15, 0.2) is 6.20 Å². The van der Waals surface area contributed by atoms with Crippen LogP contribution in [0.5, 0.6) is 11.6 Å². The van der Waals surface area contributed by atoms with E-state index in [4.69, 9.17) is 0 Å². The number of nitro groups is 1. The molecule has 0 radical (unpaired) electrons. The molecular weight excluding hydrogens is 277 g/mol. The Bertz CT molecular complexity index is 530. The van der Waals surface area contributed by atoms with E-state index in [9.17, 15) is 33.2 Å². The molecule has 0 aromatic carbocycles. The Labute approximate surface area is 102 Å². The van der Waals surface area contributed by atoms with E-state index in [-0.39, 0.29) is 0 Å². The average molecular weight is 282 g/mol. The first-order valence-electron chi connectivity index (χ1n) is 4.37. The number of rotatable bonds is 3. The molecule has 0 aliphatic heterocycles. The van der Waals surface area contributed by atoms with E-state index in [1.807, 2.05) is 0 Å². The second kappa shape index (κ2) is 4.96. The number of methoxy groups -OCH3 is 1. The third kappa shape index (κ3) is 3.20. The molecular formula is C8H5F3N2O6. The van der Waals surface area contributed by atoms with Crippen molar-refractivity contribution < 1.29 is 37.5 Å². The smallest absolute Gasteiger partial charge is 0.502 e. The quantitative estimate of drug-likeness (QED) is 0.506. The molecule has 8 nitrogen and oxygen atoms in total. The Hall–Kier alpha value is -2.59. The van der Waals surface area contributed by atoms with Gasteiger partial charge in [-0.2, -0.15) is 0 Å². The molecule has 0 atom stereocenters. The fourth-order valence-electron chi connectivity index (χ4n) is 1.10. The molecule has 1 aromatic rings. The Morgan fingerprint density at radius 1 is 1.53 bits per heavy atom. The number of hydrogen-bond acceptors (Lipinski definition) is 7. The Balaban J connectivity index is 3.42. The fraction of sp³-hybridized carbons (Fsp3) is 0.250. The van der Waals surface area contributed by atoms with Crippen LogP contribution in [0.2, 0.25) is 0 Å². The van der Waals surface area contributed by atoms with Gasteiger partial charge in [0.15, 0.2) is 5.56 Å². The Morgan fingerprint density at radius 2 is 2.11 bits per heavy atom. The molecule has 0 aliphatic carbocycles. The number of nitrogens with zero attached hydrogens (tertiary/aromatic N) is 2. The van der Waals surface area contributed by atoms with Gasteiger partial charge in [-0.1, -0.05) is 0 Å². The van der Waals surface area contributed by atoms with Crippen molar-refractivity contribution in [1.82, 2.24) is 4.98 Å². The van der Waals surface area contributed by atoms with Crippen LogP contribution in [0.4, 0.5) is 18.9 Å². The minimum absolute atomic E-state index is 0.340. The Kier molecular flexibility index (Phi) is 3.77. The average Bonchev–Trinajstić information content (AvgIpc) is 2.28. The molecule has 1 aromatic heterocycles. The van der Waals surface area contributed by atoms with E-state index in [2.05, 4.69) is 14.5 Å². The maximum absolute atomic E-state index is 12.0. The van der Waals surface area contributed by atoms with Crippen LogP contribution in [-0.2, 0) is 4.74 Å². The summed E-state index contributed by atoms with van der Waals surface area (Å²) in [5.41, 5.74) is -2.10. The lowest BCUT2D eigenvalue weighted by molar-refractivity contribution is -0.385. The lowest BCUT2D eigenvalue weighted by atomic mass is 10.2. The van der Waals surface area contributed by atoms with Crippen molar-refractivity contribution in [3.05, 3.63) is 21.9 Å². The zero-order chi connectivity index (χ0) is 14.8. The molecule has 0 amide bonds. The molecule has 1 rings (SSSR count). The van der Waals surface area contributed by atoms with Crippen LogP contribution in [0.3, 0.4) is 0 Å². The Morgan fingerprint density at radius 3 is 2.53 bits per heavy atom. The van der Waals surface area contributed by atoms with Gasteiger partial charge in [0.1, 0.15) is 6.20 Å². The minimum atomic E-state index is -5.19. The van der Waals surface area contributed by atoms with E-state index in [1.54, 1.807) is 0 Å². The summed E-state index contributed by atoms with van der Waals surface area (Å²) in [5.74, 6) is -4.23. The van der Waals surface area contributed by atoms with E-state index < -0.39 is 40.1 Å². The molecule has 0 saturated carbocycles. The molecule has 0 fully saturated rings. The van der Waals surface area contributed by atoms with Crippen molar-refractivity contribution in [3.63, 3.8) is 0 Å². The highest BCUT2D eigenvalue weighted by Crippen LogP contribution is 2.36. The maximum Gasteiger partial charge on any atom is 0.574 e. The lowest BCUT2D eigenvalue weighted by Crippen LogP contribution is -2.19. The normalized spacial score (nSPS) is 10.9. The van der Waals surface area contributed by atoms with Crippen LogP contribution in [0, 0.1) is 10.1 Å². The highest BCUT2D eigenvalue weighted by molar-refractivity contribution is 5.97. The predicted molar refractivity (Wildman–Crippen MR) is 50.6 cm³/mol. The summed E-state index contributed by atoms with van der Waals surface area (Å²) in [6.45, 7) is 0. The van der Waals surface area contributed by atoms with Crippen LogP contribution >= 0.6 is 0 Å². The van der Waals surface area contributed by atoms with Gasteiger partial charge in [0.05, 0.1) is 12.0 Å². The van der Waals surface area contributed by atoms with Gasteiger partial charge in [-0.15, -0.1) is 13.2 Å². The standard InChI is InChI=1S/C8H5F3N2O6/c1-18-7(15)4-3(13(16)17)2-12-6(5(4)14)19-8(9,10)11/h2,14H,1H3. The van der Waals surface area contributed by atoms with Gasteiger partial charge in [-0.3, -0.25) is 10.1 Å².